The van der Waals surface area contributed by atoms with Crippen LogP contribution in [0.4, 0.5) is 10.7 Å². The molecule has 0 bridgehead atoms. The van der Waals surface area contributed by atoms with Gasteiger partial charge >= 0.3 is 5.69 Å². The van der Waals surface area contributed by atoms with Gasteiger partial charge in [0.15, 0.2) is 20.7 Å². The number of hydrogen-bond acceptors (Lipinski definition) is 8. The van der Waals surface area contributed by atoms with E-state index in [0.29, 0.717) is 18.1 Å². The van der Waals surface area contributed by atoms with E-state index in [4.69, 9.17) is 0 Å². The van der Waals surface area contributed by atoms with Gasteiger partial charge in [-0.3, -0.25) is 10.1 Å². The Morgan fingerprint density at radius 1 is 1.36 bits per heavy atom. The lowest BCUT2D eigenvalue weighted by atomic mass is 10.1. The highest BCUT2D eigenvalue weighted by atomic mass is 32.2. The van der Waals surface area contributed by atoms with E-state index in [-0.39, 0.29) is 21.9 Å². The summed E-state index contributed by atoms with van der Waals surface area (Å²) in [6.45, 7) is 7.10. The van der Waals surface area contributed by atoms with Gasteiger partial charge < -0.3 is 9.47 Å². The third-order valence-corrected chi connectivity index (χ3v) is 7.19. The molecule has 0 amide bonds. The Morgan fingerprint density at radius 2 is 2.04 bits per heavy atom. The van der Waals surface area contributed by atoms with Crippen molar-refractivity contribution in [1.82, 2.24) is 14.8 Å². The Labute approximate surface area is 149 Å². The van der Waals surface area contributed by atoms with Gasteiger partial charge in [-0.05, 0) is 6.92 Å². The monoisotopic (exact) mass is 385 g/mol. The number of nitro groups is 1. The van der Waals surface area contributed by atoms with E-state index in [2.05, 4.69) is 10.2 Å². The average molecular weight is 385 g/mol. The number of sulfone groups is 1. The summed E-state index contributed by atoms with van der Waals surface area (Å²) in [5, 5.41) is 20.2. The van der Waals surface area contributed by atoms with E-state index in [1.807, 2.05) is 30.2 Å². The first-order valence-electron chi connectivity index (χ1n) is 7.79. The van der Waals surface area contributed by atoms with E-state index in [0.717, 1.165) is 35.3 Å². The molecule has 1 aliphatic heterocycles. The third kappa shape index (κ3) is 3.01. The fourth-order valence-electron chi connectivity index (χ4n) is 2.98. The first kappa shape index (κ1) is 17.8. The second kappa shape index (κ2) is 6.06. The summed E-state index contributed by atoms with van der Waals surface area (Å²) in [5.41, 5.74) is -0.186. The van der Waals surface area contributed by atoms with E-state index in [1.54, 1.807) is 0 Å². The number of fused-ring (bicyclic) bond motifs is 1. The Bertz CT molecular complexity index is 931. The molecule has 3 heterocycles. The molecule has 0 aromatic carbocycles. The van der Waals surface area contributed by atoms with Crippen molar-refractivity contribution in [2.45, 2.75) is 43.5 Å². The van der Waals surface area contributed by atoms with Crippen molar-refractivity contribution < 1.29 is 13.3 Å². The maximum atomic E-state index is 11.8. The summed E-state index contributed by atoms with van der Waals surface area (Å²) in [5.74, 6) is 1.85. The van der Waals surface area contributed by atoms with Gasteiger partial charge in [0.05, 0.1) is 11.0 Å². The minimum atomic E-state index is -3.51. The lowest BCUT2D eigenvalue weighted by Crippen LogP contribution is -2.37. The van der Waals surface area contributed by atoms with Crippen LogP contribution in [0, 0.1) is 10.1 Å². The fraction of sp³-hybridized carbons (Fsp3) is 0.571. The average Bonchev–Trinajstić information content (AvgIpc) is 3.11. The predicted molar refractivity (Wildman–Crippen MR) is 94.0 cm³/mol. The Balaban J connectivity index is 2.06. The van der Waals surface area contributed by atoms with E-state index >= 15 is 0 Å². The van der Waals surface area contributed by atoms with Crippen LogP contribution in [0.15, 0.2) is 10.3 Å². The molecule has 0 saturated heterocycles. The quantitative estimate of drug-likeness (QED) is 0.586. The molecular formula is C14H19N5O4S2. The molecule has 1 unspecified atom stereocenters. The number of rotatable bonds is 4. The number of hydrogen-bond donors (Lipinski definition) is 0. The maximum absolute atomic E-state index is 11.8. The van der Waals surface area contributed by atoms with Gasteiger partial charge in [-0.1, -0.05) is 25.2 Å². The summed E-state index contributed by atoms with van der Waals surface area (Å²) >= 11 is 0.932. The smallest absolute Gasteiger partial charge is 0.305 e. The van der Waals surface area contributed by atoms with Crippen molar-refractivity contribution in [3.05, 3.63) is 27.8 Å². The van der Waals surface area contributed by atoms with Crippen LogP contribution in [0.5, 0.6) is 0 Å². The number of anilines is 1. The van der Waals surface area contributed by atoms with Crippen LogP contribution < -0.4 is 4.90 Å². The van der Waals surface area contributed by atoms with Gasteiger partial charge in [0, 0.05) is 31.3 Å². The highest BCUT2D eigenvalue weighted by Gasteiger charge is 2.35. The normalized spacial score (nSPS) is 17.8. The molecule has 136 valence electrons. The molecule has 0 aliphatic carbocycles. The Kier molecular flexibility index (Phi) is 4.31. The van der Waals surface area contributed by atoms with Crippen molar-refractivity contribution in [2.75, 3.05) is 17.7 Å². The molecule has 2 aromatic heterocycles. The second-order valence-electron chi connectivity index (χ2n) is 6.38. The first-order chi connectivity index (χ1) is 11.6. The van der Waals surface area contributed by atoms with Gasteiger partial charge in [-0.25, -0.2) is 8.42 Å². The zero-order valence-electron chi connectivity index (χ0n) is 14.3. The maximum Gasteiger partial charge on any atom is 0.305 e. The van der Waals surface area contributed by atoms with E-state index < -0.39 is 14.8 Å². The van der Waals surface area contributed by atoms with Crippen molar-refractivity contribution in [3.8, 4) is 0 Å². The van der Waals surface area contributed by atoms with Crippen LogP contribution in [-0.4, -0.2) is 40.9 Å². The zero-order chi connectivity index (χ0) is 18.5. The van der Waals surface area contributed by atoms with Gasteiger partial charge in [-0.15, -0.1) is 10.2 Å². The van der Waals surface area contributed by atoms with Crippen LogP contribution >= 0.6 is 11.3 Å². The van der Waals surface area contributed by atoms with Crippen LogP contribution in [0.2, 0.25) is 0 Å². The van der Waals surface area contributed by atoms with Crippen LogP contribution in [0.3, 0.4) is 0 Å². The minimum Gasteiger partial charge on any atom is -0.346 e. The summed E-state index contributed by atoms with van der Waals surface area (Å²) in [6.07, 6.45) is 1.05. The first-order valence-corrected chi connectivity index (χ1v) is 10.5. The molecular weight excluding hydrogens is 366 g/mol. The molecule has 1 atom stereocenters. The van der Waals surface area contributed by atoms with Gasteiger partial charge in [0.25, 0.3) is 0 Å². The number of nitrogens with zero attached hydrogens (tertiary/aromatic N) is 5. The Morgan fingerprint density at radius 3 is 2.60 bits per heavy atom. The third-order valence-electron chi connectivity index (χ3n) is 4.22. The van der Waals surface area contributed by atoms with Crippen LogP contribution in [-0.2, 0) is 16.4 Å². The molecule has 25 heavy (non-hydrogen) atoms. The molecule has 0 spiro atoms. The molecule has 0 radical (unpaired) electrons. The van der Waals surface area contributed by atoms with Crippen molar-refractivity contribution >= 4 is 31.9 Å². The van der Waals surface area contributed by atoms with Gasteiger partial charge in [-0.2, -0.15) is 0 Å². The minimum absolute atomic E-state index is 0.00342. The predicted octanol–water partition coefficient (Wildman–Crippen LogP) is 2.36. The van der Waals surface area contributed by atoms with Gasteiger partial charge in [0.2, 0.25) is 0 Å². The summed E-state index contributed by atoms with van der Waals surface area (Å²) < 4.78 is 25.7. The molecule has 0 fully saturated rings. The lowest BCUT2D eigenvalue weighted by molar-refractivity contribution is -0.383. The number of thiophene rings is 1. The van der Waals surface area contributed by atoms with E-state index in [9.17, 15) is 18.5 Å². The summed E-state index contributed by atoms with van der Waals surface area (Å²) in [7, 11) is -3.51. The van der Waals surface area contributed by atoms with Crippen LogP contribution in [0.25, 0.3) is 0 Å². The molecule has 0 saturated carbocycles. The lowest BCUT2D eigenvalue weighted by Gasteiger charge is -2.34. The SMILES string of the molecule is CC(C)c1nnc2n1CCN(c1sc(S(C)(=O)=O)cc1[N+](=O)[O-])C2C. The fourth-order valence-corrected chi connectivity index (χ4v) is 5.11. The highest BCUT2D eigenvalue weighted by Crippen LogP contribution is 2.43. The Hall–Kier alpha value is -2.01. The molecule has 0 N–H and O–H groups in total. The summed E-state index contributed by atoms with van der Waals surface area (Å²) in [6, 6.07) is 0.902. The molecule has 1 aliphatic rings. The largest absolute Gasteiger partial charge is 0.346 e. The van der Waals surface area contributed by atoms with Crippen LogP contribution in [0.1, 0.15) is 44.4 Å². The standard InChI is InChI=1S/C14H19N5O4S2/c1-8(2)12-15-16-13-9(3)17(5-6-18(12)13)14-10(19(20)21)7-11(24-14)25(4,22)23/h7-9H,5-6H2,1-4H3. The molecule has 9 nitrogen and oxygen atoms in total. The summed E-state index contributed by atoms with van der Waals surface area (Å²) in [4.78, 5) is 12.7. The molecule has 3 rings (SSSR count). The number of aromatic nitrogens is 3. The van der Waals surface area contributed by atoms with Crippen molar-refractivity contribution in [2.24, 2.45) is 0 Å². The zero-order valence-corrected chi connectivity index (χ0v) is 16.0. The van der Waals surface area contributed by atoms with Crippen molar-refractivity contribution in [1.29, 1.82) is 0 Å². The van der Waals surface area contributed by atoms with Crippen molar-refractivity contribution in [3.63, 3.8) is 0 Å². The van der Waals surface area contributed by atoms with Gasteiger partial charge in [0.1, 0.15) is 10.0 Å². The second-order valence-corrected chi connectivity index (χ2v) is 9.65. The highest BCUT2D eigenvalue weighted by molar-refractivity contribution is 7.92. The topological polar surface area (TPSA) is 111 Å². The molecule has 11 heteroatoms. The molecule has 2 aromatic rings. The van der Waals surface area contributed by atoms with E-state index in [1.165, 1.54) is 0 Å².